The Labute approximate surface area is 128 Å². The summed E-state index contributed by atoms with van der Waals surface area (Å²) in [5, 5.41) is 2.96. The average Bonchev–Trinajstić information content (AvgIpc) is 2.86. The molecule has 22 heavy (non-hydrogen) atoms. The van der Waals surface area contributed by atoms with Gasteiger partial charge in [0.05, 0.1) is 24.1 Å². The molecule has 1 amide bonds. The second-order valence-corrected chi connectivity index (χ2v) is 6.39. The van der Waals surface area contributed by atoms with Crippen LogP contribution in [-0.2, 0) is 4.79 Å². The predicted octanol–water partition coefficient (Wildman–Crippen LogP) is 0.498. The van der Waals surface area contributed by atoms with Crippen LogP contribution < -0.4 is 15.9 Å². The molecular weight excluding hydrogens is 280 g/mol. The molecule has 2 heterocycles. The number of carbonyl (C=O) groups is 1. The van der Waals surface area contributed by atoms with Gasteiger partial charge in [-0.05, 0) is 43.9 Å². The minimum absolute atomic E-state index is 0.0294. The molecule has 0 radical (unpaired) electrons. The molecule has 1 aromatic heterocycles. The van der Waals surface area contributed by atoms with Crippen molar-refractivity contribution in [1.82, 2.24) is 9.97 Å². The summed E-state index contributed by atoms with van der Waals surface area (Å²) in [6.45, 7) is 6.37. The highest BCUT2D eigenvalue weighted by Gasteiger charge is 2.28. The molecule has 6 nitrogen and oxygen atoms in total. The number of hydrogen-bond donors (Lipinski definition) is 4. The van der Waals surface area contributed by atoms with E-state index in [1.165, 1.54) is 17.7 Å². The summed E-state index contributed by atoms with van der Waals surface area (Å²) in [7, 11) is 0. The lowest BCUT2D eigenvalue weighted by atomic mass is 9.98. The zero-order valence-corrected chi connectivity index (χ0v) is 13.0. The number of imidazole rings is 1. The number of anilines is 1. The van der Waals surface area contributed by atoms with Gasteiger partial charge in [0.15, 0.2) is 6.04 Å². The summed E-state index contributed by atoms with van der Waals surface area (Å²) in [6, 6.07) is 5.33. The third-order valence-electron chi connectivity index (χ3n) is 4.71. The van der Waals surface area contributed by atoms with Crippen molar-refractivity contribution in [2.45, 2.75) is 32.7 Å². The van der Waals surface area contributed by atoms with E-state index in [4.69, 9.17) is 0 Å². The predicted molar refractivity (Wildman–Crippen MR) is 86.1 cm³/mol. The van der Waals surface area contributed by atoms with Crippen molar-refractivity contribution in [1.29, 1.82) is 0 Å². The lowest BCUT2D eigenvalue weighted by molar-refractivity contribution is -0.919. The Hall–Kier alpha value is -2.08. The summed E-state index contributed by atoms with van der Waals surface area (Å²) in [6.07, 6.45) is 2.37. The summed E-state index contributed by atoms with van der Waals surface area (Å²) in [4.78, 5) is 30.4. The van der Waals surface area contributed by atoms with Crippen molar-refractivity contribution in [3.05, 3.63) is 28.7 Å². The number of hydrogen-bond acceptors (Lipinski definition) is 2. The molecule has 1 fully saturated rings. The highest BCUT2D eigenvalue weighted by Crippen LogP contribution is 2.14. The Morgan fingerprint density at radius 3 is 2.68 bits per heavy atom. The quantitative estimate of drug-likeness (QED) is 0.666. The van der Waals surface area contributed by atoms with Crippen molar-refractivity contribution in [3.63, 3.8) is 0 Å². The second kappa shape index (κ2) is 5.96. The molecule has 0 bridgehead atoms. The lowest BCUT2D eigenvalue weighted by Crippen LogP contribution is -3.17. The molecule has 0 unspecified atom stereocenters. The van der Waals surface area contributed by atoms with Crippen LogP contribution in [-0.4, -0.2) is 35.0 Å². The number of aromatic nitrogens is 2. The first kappa shape index (κ1) is 14.8. The van der Waals surface area contributed by atoms with Gasteiger partial charge in [-0.2, -0.15) is 0 Å². The van der Waals surface area contributed by atoms with Crippen LogP contribution in [0.2, 0.25) is 0 Å². The first-order valence-corrected chi connectivity index (χ1v) is 7.90. The molecule has 0 aliphatic carbocycles. The molecule has 2 aromatic rings. The van der Waals surface area contributed by atoms with Crippen molar-refractivity contribution in [2.75, 3.05) is 18.4 Å². The van der Waals surface area contributed by atoms with E-state index in [-0.39, 0.29) is 17.6 Å². The molecule has 4 N–H and O–H groups in total. The summed E-state index contributed by atoms with van der Waals surface area (Å²) in [5.74, 6) is 0.800. The highest BCUT2D eigenvalue weighted by atomic mass is 16.2. The summed E-state index contributed by atoms with van der Waals surface area (Å²) in [5.41, 5.74) is 1.92. The highest BCUT2D eigenvalue weighted by molar-refractivity contribution is 5.95. The van der Waals surface area contributed by atoms with Gasteiger partial charge in [0, 0.05) is 5.69 Å². The van der Waals surface area contributed by atoms with E-state index in [0.717, 1.165) is 24.5 Å². The molecule has 1 aromatic carbocycles. The summed E-state index contributed by atoms with van der Waals surface area (Å²) < 4.78 is 0. The van der Waals surface area contributed by atoms with E-state index >= 15 is 0 Å². The molecule has 1 aliphatic rings. The number of H-pyrrole nitrogens is 2. The minimum Gasteiger partial charge on any atom is -0.325 e. The number of aromatic amines is 2. The topological polar surface area (TPSA) is 82.2 Å². The van der Waals surface area contributed by atoms with E-state index in [2.05, 4.69) is 22.2 Å². The molecule has 0 saturated carbocycles. The Morgan fingerprint density at radius 2 is 1.95 bits per heavy atom. The Balaban J connectivity index is 1.68. The molecule has 1 aliphatic heterocycles. The molecule has 6 heteroatoms. The molecule has 1 atom stereocenters. The largest absolute Gasteiger partial charge is 0.325 e. The SMILES string of the molecule is CC1CC[NH+]([C@H](C)C(=O)Nc2ccc3[nH]c(=O)[nH]c3c2)CC1. The number of piperidine rings is 1. The van der Waals surface area contributed by atoms with Crippen molar-refractivity contribution >= 4 is 22.6 Å². The lowest BCUT2D eigenvalue weighted by Gasteiger charge is -2.31. The normalized spacial score (nSPS) is 23.4. The molecule has 118 valence electrons. The van der Waals surface area contributed by atoms with Crippen LogP contribution in [0.25, 0.3) is 11.0 Å². The zero-order chi connectivity index (χ0) is 15.7. The number of quaternary nitrogens is 1. The number of carbonyl (C=O) groups excluding carboxylic acids is 1. The van der Waals surface area contributed by atoms with Crippen LogP contribution in [0, 0.1) is 5.92 Å². The van der Waals surface area contributed by atoms with Gasteiger partial charge in [0.2, 0.25) is 0 Å². The van der Waals surface area contributed by atoms with Gasteiger partial charge in [-0.3, -0.25) is 4.79 Å². The molecule has 3 rings (SSSR count). The average molecular weight is 303 g/mol. The number of nitrogens with one attached hydrogen (secondary N) is 4. The molecule has 1 saturated heterocycles. The minimum atomic E-state index is -0.237. The Morgan fingerprint density at radius 1 is 1.27 bits per heavy atom. The van der Waals surface area contributed by atoms with E-state index in [9.17, 15) is 9.59 Å². The summed E-state index contributed by atoms with van der Waals surface area (Å²) >= 11 is 0. The van der Waals surface area contributed by atoms with Crippen molar-refractivity contribution in [2.24, 2.45) is 5.92 Å². The van der Waals surface area contributed by atoms with Gasteiger partial charge in [0.1, 0.15) is 0 Å². The fourth-order valence-corrected chi connectivity index (χ4v) is 3.11. The van der Waals surface area contributed by atoms with Crippen LogP contribution in [0.15, 0.2) is 23.0 Å². The van der Waals surface area contributed by atoms with Crippen LogP contribution in [0.4, 0.5) is 5.69 Å². The Bertz CT molecular complexity index is 725. The number of amides is 1. The van der Waals surface area contributed by atoms with Gasteiger partial charge in [-0.15, -0.1) is 0 Å². The first-order chi connectivity index (χ1) is 10.5. The smallest absolute Gasteiger partial charge is 0.323 e. The van der Waals surface area contributed by atoms with Crippen LogP contribution in [0.1, 0.15) is 26.7 Å². The van der Waals surface area contributed by atoms with E-state index in [1.807, 2.05) is 13.0 Å². The molecule has 0 spiro atoms. The second-order valence-electron chi connectivity index (χ2n) is 6.39. The number of rotatable bonds is 3. The van der Waals surface area contributed by atoms with Crippen LogP contribution in [0.3, 0.4) is 0 Å². The van der Waals surface area contributed by atoms with Crippen LogP contribution >= 0.6 is 0 Å². The van der Waals surface area contributed by atoms with Gasteiger partial charge in [-0.25, -0.2) is 4.79 Å². The van der Waals surface area contributed by atoms with E-state index < -0.39 is 0 Å². The first-order valence-electron chi connectivity index (χ1n) is 7.90. The third kappa shape index (κ3) is 3.06. The maximum Gasteiger partial charge on any atom is 0.323 e. The fraction of sp³-hybridized carbons (Fsp3) is 0.500. The third-order valence-corrected chi connectivity index (χ3v) is 4.71. The maximum atomic E-state index is 12.4. The standard InChI is InChI=1S/C16H22N4O2/c1-10-5-7-20(8-6-10)11(2)15(21)17-12-3-4-13-14(9-12)19-16(22)18-13/h3-4,9-11H,5-8H2,1-2H3,(H,17,21)(H2,18,19,22)/p+1/t11-/m1/s1. The molecular formula is C16H23N4O2+. The number of fused-ring (bicyclic) bond motifs is 1. The number of likely N-dealkylation sites (tertiary alicyclic amines) is 1. The van der Waals surface area contributed by atoms with Gasteiger partial charge in [-0.1, -0.05) is 6.92 Å². The number of benzene rings is 1. The van der Waals surface area contributed by atoms with Crippen LogP contribution in [0.5, 0.6) is 0 Å². The Kier molecular flexibility index (Phi) is 4.02. The van der Waals surface area contributed by atoms with E-state index in [1.54, 1.807) is 12.1 Å². The van der Waals surface area contributed by atoms with Gasteiger partial charge in [0.25, 0.3) is 5.91 Å². The van der Waals surface area contributed by atoms with E-state index in [0.29, 0.717) is 11.2 Å². The zero-order valence-electron chi connectivity index (χ0n) is 13.0. The monoisotopic (exact) mass is 303 g/mol. The maximum absolute atomic E-state index is 12.4. The van der Waals surface area contributed by atoms with Gasteiger partial charge < -0.3 is 20.2 Å². The van der Waals surface area contributed by atoms with Gasteiger partial charge >= 0.3 is 5.69 Å². The van der Waals surface area contributed by atoms with Crippen molar-refractivity contribution < 1.29 is 9.69 Å². The fourth-order valence-electron chi connectivity index (χ4n) is 3.11. The van der Waals surface area contributed by atoms with Crippen molar-refractivity contribution in [3.8, 4) is 0 Å².